The maximum atomic E-state index is 12.3. The normalized spacial score (nSPS) is 11.9. The number of ether oxygens (including phenoxy) is 1. The van der Waals surface area contributed by atoms with Crippen molar-refractivity contribution in [1.82, 2.24) is 15.5 Å². The van der Waals surface area contributed by atoms with Crippen molar-refractivity contribution in [3.63, 3.8) is 0 Å². The Morgan fingerprint density at radius 2 is 2.00 bits per heavy atom. The number of benzene rings is 2. The third-order valence-electron chi connectivity index (χ3n) is 4.37. The fourth-order valence-corrected chi connectivity index (χ4v) is 3.00. The minimum atomic E-state index is -0.172. The van der Waals surface area contributed by atoms with Crippen LogP contribution in [0, 0.1) is 6.92 Å². The van der Waals surface area contributed by atoms with Crippen LogP contribution in [-0.2, 0) is 11.2 Å². The van der Waals surface area contributed by atoms with Crippen molar-refractivity contribution in [1.29, 1.82) is 0 Å². The molecule has 0 bridgehead atoms. The number of nitrogens with zero attached hydrogens (tertiary/aromatic N) is 2. The zero-order valence-electron chi connectivity index (χ0n) is 16.0. The topological polar surface area (TPSA) is 77.2 Å². The largest absolute Gasteiger partial charge is 0.496 e. The highest BCUT2D eigenvalue weighted by molar-refractivity contribution is 6.30. The van der Waals surface area contributed by atoms with Gasteiger partial charge in [-0.25, -0.2) is 0 Å². The lowest BCUT2D eigenvalue weighted by molar-refractivity contribution is -0.121. The van der Waals surface area contributed by atoms with Crippen LogP contribution in [0.15, 0.2) is 47.0 Å². The monoisotopic (exact) mass is 399 g/mol. The zero-order valence-corrected chi connectivity index (χ0v) is 16.8. The van der Waals surface area contributed by atoms with Gasteiger partial charge >= 0.3 is 0 Å². The summed E-state index contributed by atoms with van der Waals surface area (Å²) in [4.78, 5) is 16.7. The Kier molecular flexibility index (Phi) is 6.31. The van der Waals surface area contributed by atoms with Crippen LogP contribution in [0.2, 0.25) is 5.02 Å². The van der Waals surface area contributed by atoms with Gasteiger partial charge < -0.3 is 14.6 Å². The van der Waals surface area contributed by atoms with E-state index in [4.69, 9.17) is 20.9 Å². The van der Waals surface area contributed by atoms with Gasteiger partial charge in [0.05, 0.1) is 13.2 Å². The van der Waals surface area contributed by atoms with Crippen LogP contribution in [0.3, 0.4) is 0 Å². The summed E-state index contributed by atoms with van der Waals surface area (Å²) in [6.45, 7) is 3.94. The molecule has 0 radical (unpaired) electrons. The number of aromatic nitrogens is 2. The Hall–Kier alpha value is -2.86. The fraction of sp³-hybridized carbons (Fsp3) is 0.286. The number of carbonyl (C=O) groups is 1. The van der Waals surface area contributed by atoms with Gasteiger partial charge in [-0.1, -0.05) is 34.5 Å². The van der Waals surface area contributed by atoms with E-state index in [-0.39, 0.29) is 18.4 Å². The lowest BCUT2D eigenvalue weighted by Crippen LogP contribution is -2.27. The van der Waals surface area contributed by atoms with Crippen LogP contribution in [0.1, 0.15) is 36.4 Å². The van der Waals surface area contributed by atoms with E-state index < -0.39 is 0 Å². The molecule has 0 aliphatic carbocycles. The summed E-state index contributed by atoms with van der Waals surface area (Å²) in [5.74, 6) is 1.55. The van der Waals surface area contributed by atoms with Crippen molar-refractivity contribution in [2.24, 2.45) is 0 Å². The summed E-state index contributed by atoms with van der Waals surface area (Å²) in [6.07, 6.45) is 0.616. The number of hydrogen-bond acceptors (Lipinski definition) is 5. The summed E-state index contributed by atoms with van der Waals surface area (Å²) < 4.78 is 10.6. The third-order valence-corrected chi connectivity index (χ3v) is 4.62. The van der Waals surface area contributed by atoms with Gasteiger partial charge in [0.15, 0.2) is 0 Å². The molecule has 0 aliphatic rings. The van der Waals surface area contributed by atoms with Crippen molar-refractivity contribution in [3.05, 3.63) is 64.5 Å². The molecule has 1 aromatic heterocycles. The number of halogens is 1. The second kappa shape index (κ2) is 8.89. The van der Waals surface area contributed by atoms with Crippen LogP contribution in [-0.4, -0.2) is 23.2 Å². The van der Waals surface area contributed by atoms with E-state index in [1.165, 1.54) is 0 Å². The minimum Gasteiger partial charge on any atom is -0.496 e. The number of aryl methyl sites for hydroxylation is 2. The summed E-state index contributed by atoms with van der Waals surface area (Å²) in [6, 6.07) is 12.9. The van der Waals surface area contributed by atoms with Gasteiger partial charge in [0.2, 0.25) is 17.6 Å². The number of methoxy groups -OCH3 is 1. The second-order valence-electron chi connectivity index (χ2n) is 6.55. The molecule has 0 fully saturated rings. The van der Waals surface area contributed by atoms with E-state index in [2.05, 4.69) is 15.5 Å². The van der Waals surface area contributed by atoms with Gasteiger partial charge in [-0.05, 0) is 44.2 Å². The molecule has 0 saturated heterocycles. The quantitative estimate of drug-likeness (QED) is 0.632. The smallest absolute Gasteiger partial charge is 0.227 e. The Morgan fingerprint density at radius 1 is 1.25 bits per heavy atom. The highest BCUT2D eigenvalue weighted by Crippen LogP contribution is 2.26. The predicted molar refractivity (Wildman–Crippen MR) is 107 cm³/mol. The molecule has 3 rings (SSSR count). The van der Waals surface area contributed by atoms with Crippen molar-refractivity contribution in [2.75, 3.05) is 7.11 Å². The summed E-state index contributed by atoms with van der Waals surface area (Å²) >= 11 is 5.89. The zero-order chi connectivity index (χ0) is 20.1. The van der Waals surface area contributed by atoms with Gasteiger partial charge in [0.1, 0.15) is 5.75 Å². The summed E-state index contributed by atoms with van der Waals surface area (Å²) in [5, 5.41) is 7.59. The Labute approximate surface area is 168 Å². The van der Waals surface area contributed by atoms with E-state index in [9.17, 15) is 4.79 Å². The summed E-state index contributed by atoms with van der Waals surface area (Å²) in [7, 11) is 1.62. The van der Waals surface area contributed by atoms with E-state index in [0.29, 0.717) is 23.2 Å². The molecule has 0 aliphatic heterocycles. The number of carbonyl (C=O) groups excluding carboxylic acids is 1. The first-order valence-electron chi connectivity index (χ1n) is 8.98. The SMILES string of the molecule is COc1ccc(C)cc1[C@H](C)NC(=O)CCc1nc(-c2ccc(Cl)cc2)no1. The van der Waals surface area contributed by atoms with Crippen LogP contribution in [0.5, 0.6) is 5.75 Å². The fourth-order valence-electron chi connectivity index (χ4n) is 2.88. The van der Waals surface area contributed by atoms with Crippen LogP contribution in [0.4, 0.5) is 0 Å². The number of nitrogens with one attached hydrogen (secondary N) is 1. The molecular weight excluding hydrogens is 378 g/mol. The molecule has 0 unspecified atom stereocenters. The lowest BCUT2D eigenvalue weighted by atomic mass is 10.0. The first-order chi connectivity index (χ1) is 13.5. The standard InChI is InChI=1S/C21H22ClN3O3/c1-13-4-9-18(27-3)17(12-13)14(2)23-19(26)10-11-20-24-21(25-28-20)15-5-7-16(22)8-6-15/h4-9,12,14H,10-11H2,1-3H3,(H,23,26)/t14-/m0/s1. The molecule has 1 atom stereocenters. The van der Waals surface area contributed by atoms with Gasteiger partial charge in [-0.15, -0.1) is 0 Å². The first-order valence-corrected chi connectivity index (χ1v) is 9.36. The van der Waals surface area contributed by atoms with Crippen molar-refractivity contribution in [3.8, 4) is 17.1 Å². The molecular formula is C21H22ClN3O3. The Morgan fingerprint density at radius 3 is 2.71 bits per heavy atom. The molecule has 28 heavy (non-hydrogen) atoms. The lowest BCUT2D eigenvalue weighted by Gasteiger charge is -2.17. The van der Waals surface area contributed by atoms with Crippen molar-refractivity contribution in [2.45, 2.75) is 32.7 Å². The van der Waals surface area contributed by atoms with Gasteiger partial charge in [0, 0.05) is 29.0 Å². The first kappa shape index (κ1) is 19.9. The molecule has 0 saturated carbocycles. The molecule has 1 N–H and O–H groups in total. The number of rotatable bonds is 7. The van der Waals surface area contributed by atoms with E-state index in [0.717, 1.165) is 22.4 Å². The molecule has 6 nitrogen and oxygen atoms in total. The molecule has 1 heterocycles. The van der Waals surface area contributed by atoms with E-state index in [1.807, 2.05) is 44.2 Å². The minimum absolute atomic E-state index is 0.0951. The Bertz CT molecular complexity index is 954. The molecule has 146 valence electrons. The highest BCUT2D eigenvalue weighted by Gasteiger charge is 2.16. The average molecular weight is 400 g/mol. The van der Waals surface area contributed by atoms with E-state index in [1.54, 1.807) is 19.2 Å². The van der Waals surface area contributed by atoms with Gasteiger partial charge in [-0.2, -0.15) is 4.98 Å². The molecule has 2 aromatic carbocycles. The molecule has 0 spiro atoms. The van der Waals surface area contributed by atoms with Gasteiger partial charge in [0.25, 0.3) is 0 Å². The number of hydrogen-bond donors (Lipinski definition) is 1. The predicted octanol–water partition coefficient (Wildman–Crippen LogP) is 4.52. The van der Waals surface area contributed by atoms with Crippen LogP contribution in [0.25, 0.3) is 11.4 Å². The average Bonchev–Trinajstić information content (AvgIpc) is 3.16. The summed E-state index contributed by atoms with van der Waals surface area (Å²) in [5.41, 5.74) is 2.86. The molecule has 1 amide bonds. The maximum absolute atomic E-state index is 12.3. The van der Waals surface area contributed by atoms with Gasteiger partial charge in [-0.3, -0.25) is 4.79 Å². The van der Waals surface area contributed by atoms with Crippen molar-refractivity contribution >= 4 is 17.5 Å². The molecule has 3 aromatic rings. The maximum Gasteiger partial charge on any atom is 0.227 e. The second-order valence-corrected chi connectivity index (χ2v) is 6.99. The third kappa shape index (κ3) is 4.89. The van der Waals surface area contributed by atoms with Crippen LogP contribution >= 0.6 is 11.6 Å². The Balaban J connectivity index is 1.57. The van der Waals surface area contributed by atoms with Crippen molar-refractivity contribution < 1.29 is 14.1 Å². The highest BCUT2D eigenvalue weighted by atomic mass is 35.5. The molecule has 7 heteroatoms. The van der Waals surface area contributed by atoms with Crippen LogP contribution < -0.4 is 10.1 Å². The van der Waals surface area contributed by atoms with E-state index >= 15 is 0 Å². The number of amides is 1.